The second kappa shape index (κ2) is 37.3. The van der Waals surface area contributed by atoms with Gasteiger partial charge in [-0.15, -0.1) is 0 Å². The summed E-state index contributed by atoms with van der Waals surface area (Å²) in [4.78, 5) is 156. The molecule has 2 radical (unpaired) electrons. The number of ketones is 10. The summed E-state index contributed by atoms with van der Waals surface area (Å²) in [6, 6.07) is 0. The van der Waals surface area contributed by atoms with Crippen molar-refractivity contribution >= 4 is 94.5 Å². The van der Waals surface area contributed by atoms with Crippen LogP contribution in [0.5, 0.6) is 0 Å². The first kappa shape index (κ1) is 62.6. The molecule has 0 rings (SSSR count). The monoisotopic (exact) mass is 834 g/mol. The molecule has 274 valence electrons. The first-order chi connectivity index (χ1) is 21.2. The summed E-state index contributed by atoms with van der Waals surface area (Å²) >= 11 is 0. The van der Waals surface area contributed by atoms with Gasteiger partial charge >= 0.3 is 36.0 Å². The van der Waals surface area contributed by atoms with Gasteiger partial charge in [-0.1, -0.05) is 0 Å². The Morgan fingerprint density at radius 2 is 0.408 bits per heavy atom. The number of carbonyl (C=O) groups excluding carboxylic acids is 16. The molecule has 0 bridgehead atoms. The Morgan fingerprint density at radius 3 is 0.429 bits per heavy atom. The normalized spacial score (nSPS) is 7.94. The van der Waals surface area contributed by atoms with E-state index in [1.807, 2.05) is 0 Å². The Bertz CT molecular complexity index is 1040. The van der Waals surface area contributed by atoms with Crippen LogP contribution in [0.1, 0.15) is 66.7 Å². The van der Waals surface area contributed by atoms with Crippen LogP contribution in [0.3, 0.4) is 0 Å². The molecule has 0 saturated carbocycles. The maximum absolute atomic E-state index is 10.1. The van der Waals surface area contributed by atoms with Crippen LogP contribution in [0.25, 0.3) is 0 Å². The average molecular weight is 835 g/mol. The summed E-state index contributed by atoms with van der Waals surface area (Å²) in [5.74, 6) is -17.2. The number of hydrogen-bond acceptors (Lipinski definition) is 21. The summed E-state index contributed by atoms with van der Waals surface area (Å²) in [6.07, 6.45) is -2.84. The van der Waals surface area contributed by atoms with Crippen molar-refractivity contribution in [2.24, 2.45) is 0 Å². The molecule has 0 aliphatic rings. The van der Waals surface area contributed by atoms with E-state index in [1.165, 1.54) is 0 Å². The van der Waals surface area contributed by atoms with Gasteiger partial charge in [0.05, 0.1) is 32.1 Å². The number of hydrogen-bond donors (Lipinski definition) is 0. The molecule has 0 N–H and O–H groups in total. The minimum absolute atomic E-state index is 0. The van der Waals surface area contributed by atoms with Crippen molar-refractivity contribution in [3.63, 3.8) is 0 Å². The molecule has 23 heteroatoms. The van der Waals surface area contributed by atoms with Crippen molar-refractivity contribution in [2.75, 3.05) is 0 Å². The van der Waals surface area contributed by atoms with Crippen LogP contribution in [0.15, 0.2) is 0 Å². The van der Waals surface area contributed by atoms with Crippen LogP contribution in [0.4, 0.5) is 0 Å². The minimum Gasteiger partial charge on any atom is -0.542 e. The van der Waals surface area contributed by atoms with Gasteiger partial charge in [0, 0.05) is 0 Å². The Labute approximate surface area is 298 Å². The smallest absolute Gasteiger partial charge is 0.542 e. The fraction of sp³-hybridized carbons (Fsp3) is 0.385. The van der Waals surface area contributed by atoms with Gasteiger partial charge in [-0.25, -0.2) is 0 Å². The largest absolute Gasteiger partial charge is 3.00 e. The van der Waals surface area contributed by atoms with Crippen LogP contribution >= 0.6 is 0 Å². The van der Waals surface area contributed by atoms with Crippen molar-refractivity contribution in [1.29, 1.82) is 0 Å². The minimum atomic E-state index is -1.80. The first-order valence-electron chi connectivity index (χ1n) is 11.6. The van der Waals surface area contributed by atoms with E-state index >= 15 is 0 Å². The number of Topliss-reactive ketones (excluding diaryl/α,β-unsaturated/α-hetero) is 10. The molecule has 0 heterocycles. The van der Waals surface area contributed by atoms with Gasteiger partial charge in [-0.2, -0.15) is 0 Å². The molecular weight excluding hydrogens is 810 g/mol. The molecule has 21 nitrogen and oxygen atoms in total. The summed E-state index contributed by atoms with van der Waals surface area (Å²) in [5, 5.41) is 48.1. The molecule has 0 aliphatic carbocycles. The molecule has 0 spiro atoms. The second-order valence-electron chi connectivity index (χ2n) is 7.95. The molecule has 0 aliphatic heterocycles. The van der Waals surface area contributed by atoms with Gasteiger partial charge in [0.15, 0.2) is 28.9 Å². The van der Waals surface area contributed by atoms with Crippen molar-refractivity contribution in [1.82, 2.24) is 0 Å². The van der Waals surface area contributed by atoms with Crippen LogP contribution in [0.2, 0.25) is 0 Å². The quantitative estimate of drug-likeness (QED) is 0.0839. The summed E-state index contributed by atoms with van der Waals surface area (Å²) < 4.78 is 0. The summed E-state index contributed by atoms with van der Waals surface area (Å²) in [7, 11) is 0. The zero-order valence-electron chi connectivity index (χ0n) is 25.8. The second-order valence-corrected chi connectivity index (χ2v) is 7.95. The average Bonchev–Trinajstić information content (AvgIpc) is 2.89. The number of carbonyl (C=O) groups is 15. The number of carboxylic acids is 5. The number of carboxylic acid groups (broad SMARTS) is 5. The molecular formula is C26H25NiO21Rh. The van der Waals surface area contributed by atoms with Gasteiger partial charge in [0.25, 0.3) is 6.79 Å². The van der Waals surface area contributed by atoms with Crippen molar-refractivity contribution in [3.8, 4) is 0 Å². The van der Waals surface area contributed by atoms with Crippen molar-refractivity contribution in [2.45, 2.75) is 66.7 Å². The van der Waals surface area contributed by atoms with E-state index in [0.29, 0.717) is 0 Å². The summed E-state index contributed by atoms with van der Waals surface area (Å²) in [6.45, 7) is 10.2. The van der Waals surface area contributed by atoms with E-state index in [9.17, 15) is 97.5 Å². The molecule has 0 unspecified atom stereocenters. The zero-order chi connectivity index (χ0) is 39.2. The number of rotatable bonds is 15. The Morgan fingerprint density at radius 1 is 0.327 bits per heavy atom. The predicted molar refractivity (Wildman–Crippen MR) is 132 cm³/mol. The van der Waals surface area contributed by atoms with E-state index < -0.39 is 120 Å². The molecule has 0 aromatic heterocycles. The molecule has 0 fully saturated rings. The third-order valence-electron chi connectivity index (χ3n) is 3.19. The summed E-state index contributed by atoms with van der Waals surface area (Å²) in [5.41, 5.74) is 0. The van der Waals surface area contributed by atoms with Crippen molar-refractivity contribution < 1.29 is 138 Å². The zero-order valence-corrected chi connectivity index (χ0v) is 28.4. The third kappa shape index (κ3) is 58.9. The molecule has 0 amide bonds. The maximum Gasteiger partial charge on any atom is 3.00 e. The van der Waals surface area contributed by atoms with Crippen LogP contribution < -0.4 is 25.5 Å². The Kier molecular flexibility index (Phi) is 47.7. The Balaban J connectivity index is -0.0000000698. The van der Waals surface area contributed by atoms with Gasteiger partial charge in [-0.05, 0) is 34.6 Å². The van der Waals surface area contributed by atoms with Crippen LogP contribution in [-0.2, 0) is 113 Å². The molecule has 49 heavy (non-hydrogen) atoms. The predicted octanol–water partition coefficient (Wildman–Crippen LogP) is -8.98. The van der Waals surface area contributed by atoms with Gasteiger partial charge < -0.3 is 49.5 Å². The topological polar surface area (TPSA) is 388 Å². The van der Waals surface area contributed by atoms with Crippen LogP contribution in [0, 0.1) is 0 Å². The molecule has 0 saturated heterocycles. The molecule has 0 atom stereocenters. The Hall–Kier alpha value is -5.16. The van der Waals surface area contributed by atoms with E-state index in [0.717, 1.165) is 34.6 Å². The maximum atomic E-state index is 10.1. The van der Waals surface area contributed by atoms with Crippen LogP contribution in [-0.4, -0.2) is 94.5 Å². The van der Waals surface area contributed by atoms with Gasteiger partial charge in [0.1, 0.15) is 58.8 Å². The van der Waals surface area contributed by atoms with E-state index in [2.05, 4.69) is 6.79 Å². The van der Waals surface area contributed by atoms with E-state index in [1.54, 1.807) is 0 Å². The third-order valence-corrected chi connectivity index (χ3v) is 3.19. The van der Waals surface area contributed by atoms with Gasteiger partial charge in [-0.3, -0.25) is 52.7 Å². The van der Waals surface area contributed by atoms with E-state index in [4.69, 9.17) is 4.79 Å². The fourth-order valence-electron chi connectivity index (χ4n) is 1.49. The van der Waals surface area contributed by atoms with Crippen molar-refractivity contribution in [3.05, 3.63) is 0 Å². The number of aliphatic carboxylic acids is 5. The molecule has 0 aromatic carbocycles. The first-order valence-corrected chi connectivity index (χ1v) is 11.6. The SMILES string of the molecule is CC(=O)CC(=O)C(=O)[O-].CC(=O)CC(=O)C(=O)[O-].CC(=O)CC(=O)C(=O)[O-].CC(=O)CC(=O)C(=O)[O-].CC(=O)CC(=O)C(=O)[O-].[C]=O.[Ni+2].[Rh+3]. The standard InChI is InChI=1S/5C5H6O4.CO.Ni.Rh/c5*1-3(6)2-4(7)5(8)9;1-2;;/h5*2H2,1H3,(H,8,9);;;/q;;;;;;+2;+3/p-5. The van der Waals surface area contributed by atoms with E-state index in [-0.39, 0.29) is 36.0 Å². The van der Waals surface area contributed by atoms with Gasteiger partial charge in [0.2, 0.25) is 0 Å². The fourth-order valence-corrected chi connectivity index (χ4v) is 1.49. The molecule has 0 aromatic rings.